The summed E-state index contributed by atoms with van der Waals surface area (Å²) in [6.45, 7) is 4.11. The third-order valence-corrected chi connectivity index (χ3v) is 5.94. The summed E-state index contributed by atoms with van der Waals surface area (Å²) >= 11 is 0. The van der Waals surface area contributed by atoms with Crippen molar-refractivity contribution in [1.29, 1.82) is 0 Å². The van der Waals surface area contributed by atoms with E-state index in [2.05, 4.69) is 5.32 Å². The van der Waals surface area contributed by atoms with Gasteiger partial charge in [0.25, 0.3) is 0 Å². The van der Waals surface area contributed by atoms with Crippen LogP contribution in [0, 0.1) is 0 Å². The molecule has 0 aliphatic rings. The number of carbonyl (C=O) groups is 2. The fourth-order valence-corrected chi connectivity index (χ4v) is 3.42. The number of benzene rings is 2. The fraction of sp³-hybridized carbons (Fsp3) is 0.333. The zero-order chi connectivity index (χ0) is 21.4. The summed E-state index contributed by atoms with van der Waals surface area (Å²) in [6.07, 6.45) is 0.768. The molecule has 2 N–H and O–H groups in total. The molecule has 156 valence electrons. The van der Waals surface area contributed by atoms with E-state index in [0.717, 1.165) is 6.42 Å². The zero-order valence-corrected chi connectivity index (χ0v) is 17.3. The lowest BCUT2D eigenvalue weighted by atomic mass is 10.1. The van der Waals surface area contributed by atoms with Gasteiger partial charge in [-0.2, -0.15) is 0 Å². The quantitative estimate of drug-likeness (QED) is 0.450. The van der Waals surface area contributed by atoms with Gasteiger partial charge in [0, 0.05) is 18.4 Å². The lowest BCUT2D eigenvalue weighted by molar-refractivity contribution is -0.116. The number of hydrogen-bond acceptors (Lipinski definition) is 6. The van der Waals surface area contributed by atoms with Crippen molar-refractivity contribution >= 4 is 27.2 Å². The highest BCUT2D eigenvalue weighted by molar-refractivity contribution is 7.91. The first-order chi connectivity index (χ1) is 13.8. The standard InChI is InChI=1S/C21H25NO6S/c1-3-13-28-16-7-5-15(6-8-16)19(23)11-12-21(25)22-18-14-17(9-10-20(18)24)29(26,27)4-2/h5-10,14,24H,3-4,11-13H2,1-2H3,(H,22,25). The van der Waals surface area contributed by atoms with E-state index < -0.39 is 15.7 Å². The Hall–Kier alpha value is -2.87. The molecule has 0 spiro atoms. The Morgan fingerprint density at radius 2 is 1.72 bits per heavy atom. The molecule has 0 fully saturated rings. The molecule has 0 bridgehead atoms. The van der Waals surface area contributed by atoms with Crippen molar-refractivity contribution in [1.82, 2.24) is 0 Å². The number of carbonyl (C=O) groups excluding carboxylic acids is 2. The zero-order valence-electron chi connectivity index (χ0n) is 16.5. The number of amides is 1. The number of rotatable bonds is 10. The number of phenols is 1. The summed E-state index contributed by atoms with van der Waals surface area (Å²) in [4.78, 5) is 24.4. The molecular formula is C21H25NO6S. The van der Waals surface area contributed by atoms with Gasteiger partial charge in [0.2, 0.25) is 5.91 Å². The van der Waals surface area contributed by atoms with Crippen LogP contribution in [-0.4, -0.2) is 37.6 Å². The summed E-state index contributed by atoms with van der Waals surface area (Å²) in [5, 5.41) is 12.3. The van der Waals surface area contributed by atoms with E-state index in [1.807, 2.05) is 6.92 Å². The third-order valence-electron chi connectivity index (χ3n) is 4.21. The van der Waals surface area contributed by atoms with Gasteiger partial charge in [-0.1, -0.05) is 13.8 Å². The van der Waals surface area contributed by atoms with Gasteiger partial charge in [0.05, 0.1) is 22.9 Å². The number of anilines is 1. The van der Waals surface area contributed by atoms with Gasteiger partial charge in [0.15, 0.2) is 15.6 Å². The first-order valence-electron chi connectivity index (χ1n) is 9.38. The van der Waals surface area contributed by atoms with Crippen LogP contribution in [0.1, 0.15) is 43.5 Å². The lowest BCUT2D eigenvalue weighted by Gasteiger charge is -2.10. The maximum Gasteiger partial charge on any atom is 0.224 e. The molecule has 29 heavy (non-hydrogen) atoms. The summed E-state index contributed by atoms with van der Waals surface area (Å²) in [5.41, 5.74) is 0.468. The van der Waals surface area contributed by atoms with Crippen LogP contribution in [0.4, 0.5) is 5.69 Å². The van der Waals surface area contributed by atoms with Crippen molar-refractivity contribution in [2.45, 2.75) is 38.0 Å². The van der Waals surface area contributed by atoms with Crippen molar-refractivity contribution in [3.63, 3.8) is 0 Å². The van der Waals surface area contributed by atoms with Crippen LogP contribution in [0.15, 0.2) is 47.4 Å². The Kier molecular flexibility index (Phi) is 7.78. The monoisotopic (exact) mass is 419 g/mol. The van der Waals surface area contributed by atoms with E-state index in [1.165, 1.54) is 25.1 Å². The number of Topliss-reactive ketones (excluding diaryl/α,β-unsaturated/α-hetero) is 1. The normalized spacial score (nSPS) is 11.1. The topological polar surface area (TPSA) is 110 Å². The maximum atomic E-state index is 12.3. The van der Waals surface area contributed by atoms with Gasteiger partial charge in [0.1, 0.15) is 11.5 Å². The average Bonchev–Trinajstić information content (AvgIpc) is 2.72. The minimum absolute atomic E-state index is 0.00519. The number of aromatic hydroxyl groups is 1. The smallest absolute Gasteiger partial charge is 0.224 e. The second kappa shape index (κ2) is 10.1. The van der Waals surface area contributed by atoms with Crippen molar-refractivity contribution in [2.24, 2.45) is 0 Å². The average molecular weight is 419 g/mol. The van der Waals surface area contributed by atoms with Crippen LogP contribution in [0.2, 0.25) is 0 Å². The number of sulfone groups is 1. The van der Waals surface area contributed by atoms with E-state index in [4.69, 9.17) is 4.74 Å². The molecule has 2 rings (SSSR count). The van der Waals surface area contributed by atoms with Crippen LogP contribution < -0.4 is 10.1 Å². The molecule has 2 aromatic carbocycles. The minimum Gasteiger partial charge on any atom is -0.506 e. The Morgan fingerprint density at radius 3 is 2.34 bits per heavy atom. The number of ether oxygens (including phenoxy) is 1. The number of hydrogen-bond donors (Lipinski definition) is 2. The fourth-order valence-electron chi connectivity index (χ4n) is 2.52. The molecule has 1 amide bonds. The molecule has 0 unspecified atom stereocenters. The Morgan fingerprint density at radius 1 is 1.03 bits per heavy atom. The number of ketones is 1. The molecule has 2 aromatic rings. The molecular weight excluding hydrogens is 394 g/mol. The van der Waals surface area contributed by atoms with Crippen LogP contribution >= 0.6 is 0 Å². The SMILES string of the molecule is CCCOc1ccc(C(=O)CCC(=O)Nc2cc(S(=O)(=O)CC)ccc2O)cc1. The lowest BCUT2D eigenvalue weighted by Crippen LogP contribution is -2.14. The van der Waals surface area contributed by atoms with Crippen LogP contribution in [0.3, 0.4) is 0 Å². The Bertz CT molecular complexity index is 967. The van der Waals surface area contributed by atoms with Gasteiger partial charge in [-0.3, -0.25) is 9.59 Å². The second-order valence-electron chi connectivity index (χ2n) is 6.43. The van der Waals surface area contributed by atoms with Crippen molar-refractivity contribution in [3.8, 4) is 11.5 Å². The molecule has 0 saturated heterocycles. The third kappa shape index (κ3) is 6.32. The molecule has 0 saturated carbocycles. The molecule has 0 radical (unpaired) electrons. The van der Waals surface area contributed by atoms with Crippen LogP contribution in [-0.2, 0) is 14.6 Å². The van der Waals surface area contributed by atoms with E-state index in [0.29, 0.717) is 17.9 Å². The molecule has 0 atom stereocenters. The first kappa shape index (κ1) is 22.4. The molecule has 0 aliphatic carbocycles. The van der Waals surface area contributed by atoms with Crippen molar-refractivity contribution in [2.75, 3.05) is 17.7 Å². The summed E-state index contributed by atoms with van der Waals surface area (Å²) in [5.74, 6) is -0.362. The molecule has 0 aliphatic heterocycles. The van der Waals surface area contributed by atoms with E-state index in [-0.39, 0.29) is 40.7 Å². The Labute approximate surface area is 170 Å². The Balaban J connectivity index is 1.96. The first-order valence-corrected chi connectivity index (χ1v) is 11.0. The van der Waals surface area contributed by atoms with Gasteiger partial charge < -0.3 is 15.2 Å². The molecule has 8 heteroatoms. The second-order valence-corrected chi connectivity index (χ2v) is 8.70. The predicted octanol–water partition coefficient (Wildman–Crippen LogP) is 3.58. The summed E-state index contributed by atoms with van der Waals surface area (Å²) < 4.78 is 29.4. The van der Waals surface area contributed by atoms with E-state index in [1.54, 1.807) is 24.3 Å². The molecule has 7 nitrogen and oxygen atoms in total. The highest BCUT2D eigenvalue weighted by atomic mass is 32.2. The molecule has 0 heterocycles. The van der Waals surface area contributed by atoms with Crippen molar-refractivity contribution in [3.05, 3.63) is 48.0 Å². The predicted molar refractivity (Wildman–Crippen MR) is 110 cm³/mol. The summed E-state index contributed by atoms with van der Waals surface area (Å²) in [7, 11) is -3.47. The number of phenolic OH excluding ortho intramolecular Hbond substituents is 1. The maximum absolute atomic E-state index is 12.3. The van der Waals surface area contributed by atoms with Gasteiger partial charge in [-0.15, -0.1) is 0 Å². The van der Waals surface area contributed by atoms with Gasteiger partial charge in [-0.05, 0) is 48.9 Å². The van der Waals surface area contributed by atoms with Crippen LogP contribution in [0.5, 0.6) is 11.5 Å². The van der Waals surface area contributed by atoms with Gasteiger partial charge in [-0.25, -0.2) is 8.42 Å². The van der Waals surface area contributed by atoms with E-state index in [9.17, 15) is 23.1 Å². The minimum atomic E-state index is -3.47. The van der Waals surface area contributed by atoms with Crippen LogP contribution in [0.25, 0.3) is 0 Å². The highest BCUT2D eigenvalue weighted by Gasteiger charge is 2.16. The highest BCUT2D eigenvalue weighted by Crippen LogP contribution is 2.27. The largest absolute Gasteiger partial charge is 0.506 e. The van der Waals surface area contributed by atoms with Crippen molar-refractivity contribution < 1.29 is 27.9 Å². The number of nitrogens with one attached hydrogen (secondary N) is 1. The van der Waals surface area contributed by atoms with Gasteiger partial charge >= 0.3 is 0 Å². The molecule has 0 aromatic heterocycles. The summed E-state index contributed by atoms with van der Waals surface area (Å²) in [6, 6.07) is 10.4. The van der Waals surface area contributed by atoms with E-state index >= 15 is 0 Å².